The van der Waals surface area contributed by atoms with Crippen molar-refractivity contribution in [1.82, 2.24) is 4.90 Å². The van der Waals surface area contributed by atoms with E-state index in [1.807, 2.05) is 6.92 Å². The third-order valence-electron chi connectivity index (χ3n) is 4.92. The molecule has 0 saturated carbocycles. The average molecular weight is 405 g/mol. The van der Waals surface area contributed by atoms with Gasteiger partial charge in [0.2, 0.25) is 0 Å². The molecule has 0 radical (unpaired) electrons. The molecule has 1 aromatic rings. The Labute approximate surface area is 148 Å². The quantitative estimate of drug-likeness (QED) is 0.709. The number of hydrogen-bond donors (Lipinski definition) is 0. The van der Waals surface area contributed by atoms with Crippen molar-refractivity contribution in [1.29, 1.82) is 0 Å². The van der Waals surface area contributed by atoms with Crippen LogP contribution in [0.2, 0.25) is 0 Å². The Morgan fingerprint density at radius 2 is 2.17 bits per heavy atom. The van der Waals surface area contributed by atoms with Gasteiger partial charge in [-0.25, -0.2) is 0 Å². The maximum atomic E-state index is 12.9. The van der Waals surface area contributed by atoms with Gasteiger partial charge >= 0.3 is 6.18 Å². The topological polar surface area (TPSA) is 24.8 Å². The van der Waals surface area contributed by atoms with Crippen LogP contribution in [0.4, 0.5) is 13.2 Å². The van der Waals surface area contributed by atoms with Gasteiger partial charge in [-0.1, -0.05) is 17.3 Å². The molecule has 3 nitrogen and oxygen atoms in total. The zero-order valence-corrected chi connectivity index (χ0v) is 15.0. The first-order valence-corrected chi connectivity index (χ1v) is 8.93. The van der Waals surface area contributed by atoms with Crippen molar-refractivity contribution in [3.05, 3.63) is 35.4 Å². The molecule has 0 unspecified atom stereocenters. The van der Waals surface area contributed by atoms with Gasteiger partial charge < -0.3 is 4.84 Å². The molecule has 1 fully saturated rings. The van der Waals surface area contributed by atoms with E-state index in [1.54, 1.807) is 6.07 Å². The summed E-state index contributed by atoms with van der Waals surface area (Å²) >= 11 is 3.36. The number of benzene rings is 1. The second kappa shape index (κ2) is 7.04. The van der Waals surface area contributed by atoms with Gasteiger partial charge in [-0.15, -0.1) is 0 Å². The van der Waals surface area contributed by atoms with Crippen LogP contribution in [-0.2, 0) is 11.0 Å². The third kappa shape index (κ3) is 3.94. The molecule has 1 aromatic carbocycles. The predicted octanol–water partition coefficient (Wildman–Crippen LogP) is 4.98. The second-order valence-electron chi connectivity index (χ2n) is 6.51. The fourth-order valence-corrected chi connectivity index (χ4v) is 3.90. The minimum Gasteiger partial charge on any atom is -0.391 e. The van der Waals surface area contributed by atoms with Gasteiger partial charge in [0.25, 0.3) is 0 Å². The fourth-order valence-electron chi connectivity index (χ4n) is 3.50. The van der Waals surface area contributed by atoms with E-state index in [1.165, 1.54) is 12.1 Å². The molecule has 7 heteroatoms. The highest BCUT2D eigenvalue weighted by atomic mass is 79.9. The van der Waals surface area contributed by atoms with Crippen molar-refractivity contribution in [3.8, 4) is 0 Å². The zero-order chi connectivity index (χ0) is 17.3. The van der Waals surface area contributed by atoms with Crippen LogP contribution in [0.25, 0.3) is 0 Å². The number of hydrogen-bond acceptors (Lipinski definition) is 3. The summed E-state index contributed by atoms with van der Waals surface area (Å²) in [5.41, 5.74) is 0.118. The first kappa shape index (κ1) is 17.7. The number of likely N-dealkylation sites (tertiary alicyclic amines) is 1. The van der Waals surface area contributed by atoms with Crippen LogP contribution in [0.1, 0.15) is 43.4 Å². The normalized spacial score (nSPS) is 26.8. The molecule has 2 aliphatic heterocycles. The van der Waals surface area contributed by atoms with E-state index in [-0.39, 0.29) is 12.1 Å². The predicted molar refractivity (Wildman–Crippen MR) is 90.0 cm³/mol. The lowest BCUT2D eigenvalue weighted by Crippen LogP contribution is -2.41. The summed E-state index contributed by atoms with van der Waals surface area (Å²) in [6.45, 7) is 3.68. The molecule has 0 aromatic heterocycles. The van der Waals surface area contributed by atoms with Crippen molar-refractivity contribution in [2.75, 3.05) is 13.1 Å². The van der Waals surface area contributed by atoms with Gasteiger partial charge in [0.1, 0.15) is 10.7 Å². The van der Waals surface area contributed by atoms with Crippen molar-refractivity contribution in [3.63, 3.8) is 0 Å². The first-order valence-electron chi connectivity index (χ1n) is 8.14. The Balaban J connectivity index is 1.69. The zero-order valence-electron chi connectivity index (χ0n) is 13.4. The van der Waals surface area contributed by atoms with E-state index < -0.39 is 11.7 Å². The summed E-state index contributed by atoms with van der Waals surface area (Å²) < 4.78 is 39.6. The lowest BCUT2D eigenvalue weighted by molar-refractivity contribution is -0.137. The SMILES string of the molecule is C[C@@H](c1cccc(C(F)(F)F)c1)N1CCC[C@@H]([C@@H]2CC(Br)=NO2)C1. The molecule has 0 spiro atoms. The monoisotopic (exact) mass is 404 g/mol. The Kier molecular flexibility index (Phi) is 5.20. The minimum atomic E-state index is -4.30. The van der Waals surface area contributed by atoms with E-state index in [2.05, 4.69) is 26.0 Å². The summed E-state index contributed by atoms with van der Waals surface area (Å²) in [6.07, 6.45) is -1.38. The molecule has 0 amide bonds. The first-order chi connectivity index (χ1) is 11.3. The van der Waals surface area contributed by atoms with Crippen molar-refractivity contribution in [2.24, 2.45) is 11.1 Å². The van der Waals surface area contributed by atoms with E-state index >= 15 is 0 Å². The van der Waals surface area contributed by atoms with Crippen LogP contribution in [0, 0.1) is 5.92 Å². The summed E-state index contributed by atoms with van der Waals surface area (Å²) in [7, 11) is 0. The third-order valence-corrected chi connectivity index (χ3v) is 5.38. The van der Waals surface area contributed by atoms with E-state index in [0.717, 1.165) is 43.0 Å². The van der Waals surface area contributed by atoms with Gasteiger partial charge in [0.15, 0.2) is 0 Å². The number of alkyl halides is 3. The molecule has 1 saturated heterocycles. The molecule has 0 bridgehead atoms. The Bertz CT molecular complexity index is 620. The molecule has 3 atom stereocenters. The molecule has 2 heterocycles. The summed E-state index contributed by atoms with van der Waals surface area (Å²) in [5.74, 6) is 0.353. The largest absolute Gasteiger partial charge is 0.416 e. The standard InChI is InChI=1S/C17H20BrF3N2O/c1-11(12-4-2-6-14(8-12)17(19,20)21)23-7-3-5-13(10-23)15-9-16(18)22-24-15/h2,4,6,8,11,13,15H,3,5,7,9-10H2,1H3/t11-,13+,15-/m0/s1. The highest BCUT2D eigenvalue weighted by molar-refractivity contribution is 9.18. The Hall–Kier alpha value is -1.08. The van der Waals surface area contributed by atoms with Crippen molar-refractivity contribution in [2.45, 2.75) is 44.5 Å². The smallest absolute Gasteiger partial charge is 0.391 e. The van der Waals surface area contributed by atoms with Gasteiger partial charge in [-0.2, -0.15) is 13.2 Å². The van der Waals surface area contributed by atoms with Crippen molar-refractivity contribution >= 4 is 20.6 Å². The number of nitrogens with zero attached hydrogens (tertiary/aromatic N) is 2. The molecule has 0 N–H and O–H groups in total. The van der Waals surface area contributed by atoms with Crippen LogP contribution in [0.3, 0.4) is 0 Å². The summed E-state index contributed by atoms with van der Waals surface area (Å²) in [6, 6.07) is 5.59. The van der Waals surface area contributed by atoms with Crippen LogP contribution in [0.5, 0.6) is 0 Å². The Morgan fingerprint density at radius 3 is 2.83 bits per heavy atom. The highest BCUT2D eigenvalue weighted by Gasteiger charge is 2.35. The van der Waals surface area contributed by atoms with Crippen molar-refractivity contribution < 1.29 is 18.0 Å². The van der Waals surface area contributed by atoms with Gasteiger partial charge in [0.05, 0.1) is 5.56 Å². The molecular formula is C17H20BrF3N2O. The summed E-state index contributed by atoms with van der Waals surface area (Å²) in [5, 5.41) is 3.95. The lowest BCUT2D eigenvalue weighted by Gasteiger charge is -2.38. The van der Waals surface area contributed by atoms with Crippen LogP contribution < -0.4 is 0 Å². The number of piperidine rings is 1. The fraction of sp³-hybridized carbons (Fsp3) is 0.588. The van der Waals surface area contributed by atoms with Crippen LogP contribution in [-0.4, -0.2) is 28.7 Å². The molecule has 0 aliphatic carbocycles. The number of oxime groups is 1. The molecular weight excluding hydrogens is 385 g/mol. The van der Waals surface area contributed by atoms with Crippen LogP contribution >= 0.6 is 15.9 Å². The number of halogens is 4. The van der Waals surface area contributed by atoms with Gasteiger partial charge in [-0.3, -0.25) is 4.90 Å². The minimum absolute atomic E-state index is 0.0548. The molecule has 3 rings (SSSR count). The molecule has 2 aliphatic rings. The van der Waals surface area contributed by atoms with Crippen LogP contribution in [0.15, 0.2) is 29.4 Å². The van der Waals surface area contributed by atoms with E-state index in [4.69, 9.17) is 4.84 Å². The summed E-state index contributed by atoms with van der Waals surface area (Å²) in [4.78, 5) is 7.72. The average Bonchev–Trinajstić information content (AvgIpc) is 3.00. The lowest BCUT2D eigenvalue weighted by atomic mass is 9.89. The number of rotatable bonds is 3. The second-order valence-corrected chi connectivity index (χ2v) is 7.43. The Morgan fingerprint density at radius 1 is 1.38 bits per heavy atom. The molecule has 132 valence electrons. The van der Waals surface area contributed by atoms with Gasteiger partial charge in [0, 0.05) is 24.9 Å². The molecule has 24 heavy (non-hydrogen) atoms. The van der Waals surface area contributed by atoms with Gasteiger partial charge in [-0.05, 0) is 59.9 Å². The highest BCUT2D eigenvalue weighted by Crippen LogP contribution is 2.35. The van der Waals surface area contributed by atoms with E-state index in [9.17, 15) is 13.2 Å². The maximum absolute atomic E-state index is 12.9. The van der Waals surface area contributed by atoms with E-state index in [0.29, 0.717) is 11.5 Å². The maximum Gasteiger partial charge on any atom is 0.416 e.